The van der Waals surface area contributed by atoms with E-state index in [-0.39, 0.29) is 28.8 Å². The third-order valence-corrected chi connectivity index (χ3v) is 17.6. The molecule has 2 aliphatic carbocycles. The van der Waals surface area contributed by atoms with Crippen LogP contribution in [-0.2, 0) is 32.7 Å². The molecule has 1 aliphatic heterocycles. The largest absolute Gasteiger partial charge is 0.476 e. The number of Topliss-reactive ketones (excluding diaryl/α,β-unsaturated/α-hetero) is 1. The van der Waals surface area contributed by atoms with Gasteiger partial charge in [0.25, 0.3) is 0 Å². The van der Waals surface area contributed by atoms with Crippen molar-refractivity contribution in [3.8, 4) is 12.3 Å². The van der Waals surface area contributed by atoms with Gasteiger partial charge >= 0.3 is 0 Å². The quantitative estimate of drug-likeness (QED) is 0.0543. The second-order valence-electron chi connectivity index (χ2n) is 24.0. The Morgan fingerprint density at radius 1 is 1.00 bits per heavy atom. The van der Waals surface area contributed by atoms with Crippen LogP contribution in [0.5, 0.6) is 0 Å². The minimum absolute atomic E-state index is 0.00755. The Balaban J connectivity index is 0.00000110. The van der Waals surface area contributed by atoms with Gasteiger partial charge in [-0.05, 0) is 161 Å². The predicted octanol–water partition coefficient (Wildman–Crippen LogP) is 19.1. The van der Waals surface area contributed by atoms with Crippen LogP contribution in [0.15, 0.2) is 85.6 Å². The number of hydrogen-bond donors (Lipinski definition) is 3. The third kappa shape index (κ3) is 25.8. The number of carbonyl (C=O) groups is 2. The molecular formula is C73H120N6O4S. The molecular weight excluding hydrogens is 1060 g/mol. The number of nitrogens with one attached hydrogen (secondary N) is 1. The topological polar surface area (TPSA) is 151 Å². The lowest BCUT2D eigenvalue weighted by molar-refractivity contribution is -0.125. The van der Waals surface area contributed by atoms with Crippen molar-refractivity contribution in [3.63, 3.8) is 0 Å². The van der Waals surface area contributed by atoms with Gasteiger partial charge in [0.2, 0.25) is 5.91 Å². The number of aliphatic imine (C=N–C) groups is 4. The minimum atomic E-state index is -0.340. The summed E-state index contributed by atoms with van der Waals surface area (Å²) in [6.45, 7) is 48.5. The van der Waals surface area contributed by atoms with Crippen molar-refractivity contribution in [2.24, 2.45) is 55.0 Å². The molecule has 10 nitrogen and oxygen atoms in total. The first-order chi connectivity index (χ1) is 39.9. The van der Waals surface area contributed by atoms with Crippen LogP contribution in [0.25, 0.3) is 0 Å². The number of aliphatic hydroxyl groups excluding tert-OH is 1. The van der Waals surface area contributed by atoms with Crippen molar-refractivity contribution in [1.29, 1.82) is 0 Å². The van der Waals surface area contributed by atoms with Crippen LogP contribution in [-0.4, -0.2) is 61.1 Å². The number of aryl methyl sites for hydroxylation is 2. The molecule has 3 aliphatic rings. The van der Waals surface area contributed by atoms with Crippen molar-refractivity contribution in [3.05, 3.63) is 98.4 Å². The van der Waals surface area contributed by atoms with Gasteiger partial charge < -0.3 is 20.9 Å². The summed E-state index contributed by atoms with van der Waals surface area (Å²) in [5, 5.41) is 12.3. The summed E-state index contributed by atoms with van der Waals surface area (Å²) in [6, 6.07) is 6.08. The highest BCUT2D eigenvalue weighted by Gasteiger charge is 2.46. The number of nitrogen functional groups attached to an aromatic ring is 1. The molecule has 0 fully saturated rings. The maximum Gasteiger partial charge on any atom is 0.217 e. The lowest BCUT2D eigenvalue weighted by Gasteiger charge is -2.41. The zero-order valence-electron chi connectivity index (χ0n) is 56.9. The maximum absolute atomic E-state index is 12.2. The standard InChI is InChI=1S/C23H27N3OS.C20H35NO.C12H16N2O.C10H22.C6H14O.C2H6/c1-6-10-17(25-15(4)5)18-12-14-27-22(26-18)23(8-3)13-9-11-19-20(23)16(7-2)21(24)28-19;1-8-9-10-16-11-12-17(18(13-16)21-7)20(5,6)19(14(2)3)15(4)22;1-9-6-11(7-14-10(2)15)4-5-12(9)8-13-3;1-5-7-8-10(4)9(3)6-2;1-3-5-6(7)4-2;1-2/h2,6,10,12H,1,8-9,11,13-14,24H2,3-5H3;14,16,19H,7-13H2,1-6H3;4-6,8H,7H2,1-3H3,(H,14,15);9-10H,5-8H2,1-4H3;6-7H,3-5H2,1-2H3;1-2H3/b17-10-;;;;;/t23-;16-,19?;;9-,10?;6-;/m00.00./s1. The average molecular weight is 1180 g/mol. The number of anilines is 1. The predicted molar refractivity (Wildman–Crippen MR) is 369 cm³/mol. The second kappa shape index (κ2) is 42.6. The zero-order valence-corrected chi connectivity index (χ0v) is 57.7. The smallest absolute Gasteiger partial charge is 0.217 e. The number of nitrogens with two attached hydrogens (primary N) is 1. The zero-order chi connectivity index (χ0) is 64.2. The first kappa shape index (κ1) is 78.8. The normalized spacial score (nSPS) is 17.9. The van der Waals surface area contributed by atoms with Crippen LogP contribution in [0.4, 0.5) is 5.00 Å². The van der Waals surface area contributed by atoms with Gasteiger partial charge in [-0.25, -0.2) is 4.99 Å². The summed E-state index contributed by atoms with van der Waals surface area (Å²) in [6.07, 6.45) is 32.7. The summed E-state index contributed by atoms with van der Waals surface area (Å²) in [7, 11) is 1.75. The lowest BCUT2D eigenvalue weighted by atomic mass is 9.63. The van der Waals surface area contributed by atoms with Crippen LogP contribution >= 0.6 is 11.3 Å². The summed E-state index contributed by atoms with van der Waals surface area (Å²) in [5.41, 5.74) is 16.3. The highest BCUT2D eigenvalue weighted by molar-refractivity contribution is 7.16. The Bertz CT molecular complexity index is 2530. The first-order valence-corrected chi connectivity index (χ1v) is 33.0. The number of ether oxygens (including phenoxy) is 1. The number of ketones is 1. The average Bonchev–Trinajstić information content (AvgIpc) is 2.75. The number of amides is 1. The molecule has 472 valence electrons. The molecule has 0 spiro atoms. The fourth-order valence-corrected chi connectivity index (χ4v) is 12.9. The number of thiophene rings is 1. The molecule has 0 saturated carbocycles. The van der Waals surface area contributed by atoms with E-state index in [1.54, 1.807) is 31.4 Å². The first-order valence-electron chi connectivity index (χ1n) is 32.2. The Morgan fingerprint density at radius 2 is 1.67 bits per heavy atom. The van der Waals surface area contributed by atoms with E-state index in [2.05, 4.69) is 122 Å². The number of allylic oxidation sites excluding steroid dienone is 4. The van der Waals surface area contributed by atoms with Gasteiger partial charge in [0.1, 0.15) is 17.4 Å². The van der Waals surface area contributed by atoms with Gasteiger partial charge in [0.05, 0.1) is 28.5 Å². The van der Waals surface area contributed by atoms with Crippen LogP contribution in [0.3, 0.4) is 0 Å². The van der Waals surface area contributed by atoms with E-state index < -0.39 is 0 Å². The molecule has 0 saturated heterocycles. The highest BCUT2D eigenvalue weighted by atomic mass is 32.1. The Morgan fingerprint density at radius 3 is 2.15 bits per heavy atom. The molecule has 0 bridgehead atoms. The second-order valence-corrected chi connectivity index (χ2v) is 25.1. The van der Waals surface area contributed by atoms with Crippen LogP contribution in [0.1, 0.15) is 260 Å². The van der Waals surface area contributed by atoms with Crippen LogP contribution in [0, 0.1) is 54.3 Å². The van der Waals surface area contributed by atoms with Gasteiger partial charge in [0.15, 0.2) is 5.90 Å². The number of unbranched alkanes of at least 4 members (excludes halogenated alkanes) is 2. The summed E-state index contributed by atoms with van der Waals surface area (Å²) >= 11 is 1.61. The van der Waals surface area contributed by atoms with E-state index in [9.17, 15) is 9.59 Å². The van der Waals surface area contributed by atoms with Crippen molar-refractivity contribution < 1.29 is 19.4 Å². The fourth-order valence-electron chi connectivity index (χ4n) is 11.7. The van der Waals surface area contributed by atoms with E-state index >= 15 is 0 Å². The SMILES string of the molecule is C#Cc1c(N)sc2c1[C@@](CC)(C1=NC(/C(=C/C=C)N=C(C)C)=CCO1)CCC2.C=NC1=C(C(C)(C)C(C(C)=O)C(C)C)CC[C@H](CCCC)C1.CC.CCCCC(C)[C@@H](C)CC.CCC[C@@H](O)CC.CN=Cc1ccc(CNC(C)=O)cc1C. The maximum atomic E-state index is 12.2. The molecule has 84 heavy (non-hydrogen) atoms. The Hall–Kier alpha value is -5.18. The molecule has 4 N–H and O–H groups in total. The Kier molecular flexibility index (Phi) is 40.0. The molecule has 2 unspecified atom stereocenters. The Labute approximate surface area is 518 Å². The summed E-state index contributed by atoms with van der Waals surface area (Å²) < 4.78 is 6.11. The number of rotatable bonds is 24. The molecule has 1 aromatic heterocycles. The van der Waals surface area contributed by atoms with E-state index in [0.29, 0.717) is 24.9 Å². The molecule has 0 radical (unpaired) electrons. The number of benzene rings is 1. The number of terminal acetylenes is 1. The van der Waals surface area contributed by atoms with Gasteiger partial charge in [-0.2, -0.15) is 0 Å². The highest BCUT2D eigenvalue weighted by Crippen LogP contribution is 2.50. The van der Waals surface area contributed by atoms with Gasteiger partial charge in [-0.1, -0.05) is 185 Å². The lowest BCUT2D eigenvalue weighted by Crippen LogP contribution is -2.41. The van der Waals surface area contributed by atoms with Gasteiger partial charge in [-0.3, -0.25) is 24.6 Å². The molecule has 11 heteroatoms. The number of hydrogen-bond acceptors (Lipinski definition) is 10. The van der Waals surface area contributed by atoms with Crippen LogP contribution in [0.2, 0.25) is 0 Å². The molecule has 2 aromatic rings. The summed E-state index contributed by atoms with van der Waals surface area (Å²) in [5.74, 6) is 6.85. The summed E-state index contributed by atoms with van der Waals surface area (Å²) in [4.78, 5) is 42.1. The number of aliphatic hydroxyl groups is 1. The van der Waals surface area contributed by atoms with Crippen molar-refractivity contribution >= 4 is 52.6 Å². The van der Waals surface area contributed by atoms with Crippen molar-refractivity contribution in [1.82, 2.24) is 5.32 Å². The van der Waals surface area contributed by atoms with E-state index in [4.69, 9.17) is 27.0 Å². The number of fused-ring (bicyclic) bond motifs is 1. The molecule has 1 aromatic carbocycles. The molecule has 6 atom stereocenters. The van der Waals surface area contributed by atoms with Gasteiger partial charge in [0, 0.05) is 48.9 Å². The monoisotopic (exact) mass is 1180 g/mol. The third-order valence-electron chi connectivity index (χ3n) is 16.6. The number of carbonyl (C=O) groups excluding carboxylic acids is 2. The molecule has 1 amide bonds. The van der Waals surface area contributed by atoms with Crippen molar-refractivity contribution in [2.45, 2.75) is 259 Å². The van der Waals surface area contributed by atoms with E-state index in [1.165, 1.54) is 80.0 Å². The fraction of sp³-hybridized carbons (Fsp3) is 0.644. The number of nitrogens with zero attached hydrogens (tertiary/aromatic N) is 4. The molecule has 2 heterocycles. The van der Waals surface area contributed by atoms with E-state index in [1.807, 2.05) is 72.0 Å². The van der Waals surface area contributed by atoms with Crippen molar-refractivity contribution in [2.75, 3.05) is 19.4 Å². The molecule has 5 rings (SSSR count). The van der Waals surface area contributed by atoms with Gasteiger partial charge in [-0.15, -0.1) is 17.8 Å². The minimum Gasteiger partial charge on any atom is -0.476 e. The van der Waals surface area contributed by atoms with Crippen LogP contribution < -0.4 is 11.1 Å². The van der Waals surface area contributed by atoms with E-state index in [0.717, 1.165) is 126 Å².